The van der Waals surface area contributed by atoms with E-state index in [4.69, 9.17) is 17.2 Å². The van der Waals surface area contributed by atoms with Crippen LogP contribution in [0.5, 0.6) is 0 Å². The molecule has 10 N–H and O–H groups in total. The van der Waals surface area contributed by atoms with Gasteiger partial charge in [-0.05, 0) is 51.2 Å². The summed E-state index contributed by atoms with van der Waals surface area (Å²) in [6.07, 6.45) is 6.85. The Morgan fingerprint density at radius 1 is 1.02 bits per heavy atom. The maximum atomic E-state index is 14.4. The molecule has 2 aromatic rings. The molecule has 0 spiro atoms. The van der Waals surface area contributed by atoms with Gasteiger partial charge in [0.2, 0.25) is 17.7 Å². The number of rotatable bonds is 18. The van der Waals surface area contributed by atoms with Gasteiger partial charge in [0.15, 0.2) is 5.96 Å². The first-order valence-electron chi connectivity index (χ1n) is 15.5. The maximum absolute atomic E-state index is 14.4. The number of carboxylic acid groups (broad SMARTS) is 1. The van der Waals surface area contributed by atoms with Crippen molar-refractivity contribution in [3.8, 4) is 11.1 Å². The first kappa shape index (κ1) is 38.5. The maximum Gasteiger partial charge on any atom is 0.303 e. The molecule has 14 heteroatoms. The summed E-state index contributed by atoms with van der Waals surface area (Å²) < 4.78 is 1.77. The normalized spacial score (nSPS) is 12.6. The van der Waals surface area contributed by atoms with Crippen LogP contribution in [0.3, 0.4) is 0 Å². The van der Waals surface area contributed by atoms with E-state index in [2.05, 4.69) is 27.5 Å². The standard InChI is InChI=1S/C34H46N8O6/c1-6-12-23(13-7-2)29-27(22-14-9-8-10-15-22)28(33(48)40-24(30(35)46)16-11-19-38-34(36)37)31(42(29)20(3)4)41-32(47)25(39-21(5)43)17-18-26(44)45/h6-10,12-15,20,24-25H,1,11,16-19H2,2-5H3,(H2,35,46)(H,39,43)(H,40,48)(H,41,47)(H,44,45)(H4,36,37,38)/b13-7-,23-12+. The van der Waals surface area contributed by atoms with Crippen molar-refractivity contribution < 1.29 is 29.1 Å². The van der Waals surface area contributed by atoms with Crippen LogP contribution in [0.15, 0.2) is 66.2 Å². The van der Waals surface area contributed by atoms with Gasteiger partial charge in [-0.3, -0.25) is 29.0 Å². The van der Waals surface area contributed by atoms with Crippen LogP contribution >= 0.6 is 0 Å². The number of anilines is 1. The first-order chi connectivity index (χ1) is 22.7. The number of nitrogens with two attached hydrogens (primary N) is 3. The number of benzene rings is 1. The number of nitrogens with zero attached hydrogens (tertiary/aromatic N) is 2. The fourth-order valence-electron chi connectivity index (χ4n) is 5.14. The second-order valence-electron chi connectivity index (χ2n) is 11.2. The van der Waals surface area contributed by atoms with E-state index in [9.17, 15) is 29.1 Å². The molecule has 0 aliphatic rings. The third-order valence-electron chi connectivity index (χ3n) is 7.10. The summed E-state index contributed by atoms with van der Waals surface area (Å²) in [6, 6.07) is 6.31. The summed E-state index contributed by atoms with van der Waals surface area (Å²) in [5.41, 5.74) is 18.8. The Morgan fingerprint density at radius 3 is 2.21 bits per heavy atom. The summed E-state index contributed by atoms with van der Waals surface area (Å²) in [7, 11) is 0. The van der Waals surface area contributed by atoms with Crippen LogP contribution in [-0.2, 0) is 19.2 Å². The number of carbonyl (C=O) groups excluding carboxylic acids is 4. The molecule has 14 nitrogen and oxygen atoms in total. The topological polar surface area (TPSA) is 237 Å². The van der Waals surface area contributed by atoms with E-state index in [1.165, 1.54) is 6.92 Å². The van der Waals surface area contributed by atoms with Gasteiger partial charge in [0.1, 0.15) is 17.9 Å². The molecule has 0 saturated carbocycles. The molecule has 0 saturated heterocycles. The number of primary amides is 1. The largest absolute Gasteiger partial charge is 0.481 e. The lowest BCUT2D eigenvalue weighted by molar-refractivity contribution is -0.137. The van der Waals surface area contributed by atoms with Gasteiger partial charge in [0.05, 0.1) is 11.3 Å². The lowest BCUT2D eigenvalue weighted by Gasteiger charge is -2.22. The molecule has 1 aromatic carbocycles. The summed E-state index contributed by atoms with van der Waals surface area (Å²) >= 11 is 0. The molecule has 0 radical (unpaired) electrons. The number of hydrogen-bond donors (Lipinski definition) is 7. The molecule has 48 heavy (non-hydrogen) atoms. The minimum atomic E-state index is -1.23. The molecule has 0 fully saturated rings. The number of hydrogen-bond acceptors (Lipinski definition) is 6. The zero-order chi connectivity index (χ0) is 36.0. The monoisotopic (exact) mass is 662 g/mol. The average molecular weight is 663 g/mol. The number of aliphatic imine (C=N–C) groups is 1. The van der Waals surface area contributed by atoms with Gasteiger partial charge in [0.25, 0.3) is 5.91 Å². The van der Waals surface area contributed by atoms with E-state index in [1.54, 1.807) is 41.0 Å². The zero-order valence-electron chi connectivity index (χ0n) is 27.8. The van der Waals surface area contributed by atoms with Gasteiger partial charge >= 0.3 is 5.97 Å². The van der Waals surface area contributed by atoms with Crippen LogP contribution < -0.4 is 33.2 Å². The van der Waals surface area contributed by atoms with E-state index < -0.39 is 48.1 Å². The first-order valence-corrected chi connectivity index (χ1v) is 15.5. The van der Waals surface area contributed by atoms with E-state index in [0.717, 1.165) is 0 Å². The Hall–Kier alpha value is -5.66. The van der Waals surface area contributed by atoms with Gasteiger partial charge in [-0.1, -0.05) is 61.2 Å². The van der Waals surface area contributed by atoms with Crippen molar-refractivity contribution in [2.24, 2.45) is 22.2 Å². The molecule has 2 unspecified atom stereocenters. The van der Waals surface area contributed by atoms with Crippen LogP contribution in [-0.4, -0.2) is 63.9 Å². The molecule has 1 heterocycles. The number of amides is 4. The lowest BCUT2D eigenvalue weighted by Crippen LogP contribution is -2.45. The van der Waals surface area contributed by atoms with Crippen LogP contribution in [0.2, 0.25) is 0 Å². The van der Waals surface area contributed by atoms with Gasteiger partial charge in [0, 0.05) is 31.5 Å². The van der Waals surface area contributed by atoms with E-state index in [0.29, 0.717) is 28.8 Å². The fourth-order valence-corrected chi connectivity index (χ4v) is 5.14. The lowest BCUT2D eigenvalue weighted by atomic mass is 9.96. The Bertz CT molecular complexity index is 1590. The van der Waals surface area contributed by atoms with Crippen molar-refractivity contribution in [2.45, 2.75) is 71.5 Å². The molecule has 4 amide bonds. The second-order valence-corrected chi connectivity index (χ2v) is 11.2. The molecule has 2 atom stereocenters. The predicted octanol–water partition coefficient (Wildman–Crippen LogP) is 2.83. The minimum Gasteiger partial charge on any atom is -0.481 e. The molecule has 1 aromatic heterocycles. The fraction of sp³-hybridized carbons (Fsp3) is 0.353. The highest BCUT2D eigenvalue weighted by molar-refractivity contribution is 6.13. The number of nitrogens with one attached hydrogen (secondary N) is 3. The van der Waals surface area contributed by atoms with Gasteiger partial charge < -0.3 is 42.8 Å². The number of carbonyl (C=O) groups is 5. The number of aliphatic carboxylic acids is 1. The molecule has 2 rings (SSSR count). The smallest absolute Gasteiger partial charge is 0.303 e. The van der Waals surface area contributed by atoms with E-state index in [-0.39, 0.29) is 42.8 Å². The number of guanidine groups is 1. The van der Waals surface area contributed by atoms with Crippen molar-refractivity contribution >= 4 is 46.9 Å². The Labute approximate surface area is 280 Å². The van der Waals surface area contributed by atoms with Crippen molar-refractivity contribution in [1.82, 2.24) is 15.2 Å². The number of carboxylic acids is 1. The molecular formula is C34H46N8O6. The zero-order valence-corrected chi connectivity index (χ0v) is 27.8. The SMILES string of the molecule is C=C/C=C(\C=C/C)c1c(-c2ccccc2)c(C(=O)NC(CCCN=C(N)N)C(N)=O)c(NC(=O)C(CCC(=O)O)NC(C)=O)n1C(C)C. The van der Waals surface area contributed by atoms with Gasteiger partial charge in [-0.25, -0.2) is 0 Å². The minimum absolute atomic E-state index is 0.0213. The predicted molar refractivity (Wildman–Crippen MR) is 187 cm³/mol. The quantitative estimate of drug-likeness (QED) is 0.0541. The van der Waals surface area contributed by atoms with Crippen LogP contribution in [0.1, 0.15) is 75.5 Å². The third kappa shape index (κ3) is 10.7. The Morgan fingerprint density at radius 2 is 1.69 bits per heavy atom. The van der Waals surface area contributed by atoms with Crippen LogP contribution in [0.4, 0.5) is 5.82 Å². The van der Waals surface area contributed by atoms with Crippen LogP contribution in [0, 0.1) is 0 Å². The van der Waals surface area contributed by atoms with E-state index in [1.807, 2.05) is 39.0 Å². The average Bonchev–Trinajstić information content (AvgIpc) is 3.35. The Balaban J connectivity index is 2.96. The summed E-state index contributed by atoms with van der Waals surface area (Å²) in [5.74, 6) is -3.99. The highest BCUT2D eigenvalue weighted by atomic mass is 16.4. The number of aromatic nitrogens is 1. The summed E-state index contributed by atoms with van der Waals surface area (Å²) in [5, 5.41) is 17.3. The van der Waals surface area contributed by atoms with E-state index >= 15 is 0 Å². The summed E-state index contributed by atoms with van der Waals surface area (Å²) in [4.78, 5) is 68.1. The highest BCUT2D eigenvalue weighted by Crippen LogP contribution is 2.42. The molecule has 0 bridgehead atoms. The second kappa shape index (κ2) is 18.5. The third-order valence-corrected chi connectivity index (χ3v) is 7.10. The molecule has 258 valence electrons. The van der Waals surface area contributed by atoms with Crippen molar-refractivity contribution in [1.29, 1.82) is 0 Å². The highest BCUT2D eigenvalue weighted by Gasteiger charge is 2.34. The van der Waals surface area contributed by atoms with Crippen molar-refractivity contribution in [2.75, 3.05) is 11.9 Å². The number of allylic oxidation sites excluding steroid dienone is 5. The van der Waals surface area contributed by atoms with Crippen molar-refractivity contribution in [3.63, 3.8) is 0 Å². The van der Waals surface area contributed by atoms with Gasteiger partial charge in [-0.2, -0.15) is 0 Å². The summed E-state index contributed by atoms with van der Waals surface area (Å²) in [6.45, 7) is 10.8. The van der Waals surface area contributed by atoms with Crippen molar-refractivity contribution in [3.05, 3.63) is 72.5 Å². The van der Waals surface area contributed by atoms with Gasteiger partial charge in [-0.15, -0.1) is 0 Å². The Kier molecular flexibility index (Phi) is 14.8. The van der Waals surface area contributed by atoms with Crippen LogP contribution in [0.25, 0.3) is 16.7 Å². The molecule has 0 aliphatic heterocycles. The molecular weight excluding hydrogens is 616 g/mol. The molecule has 0 aliphatic carbocycles.